The number of hydrogen-bond acceptors (Lipinski definition) is 7. The molecule has 5 aromatic rings. The topological polar surface area (TPSA) is 84.1 Å². The number of thiazole rings is 1. The Morgan fingerprint density at radius 2 is 1.81 bits per heavy atom. The van der Waals surface area contributed by atoms with Gasteiger partial charge in [-0.05, 0) is 75.2 Å². The lowest BCUT2D eigenvalue weighted by Gasteiger charge is -2.25. The third-order valence-electron chi connectivity index (χ3n) is 8.22. The van der Waals surface area contributed by atoms with E-state index in [1.54, 1.807) is 37.7 Å². The van der Waals surface area contributed by atoms with Crippen molar-refractivity contribution in [3.8, 4) is 11.5 Å². The molecule has 3 aromatic carbocycles. The van der Waals surface area contributed by atoms with Crippen LogP contribution in [0.4, 0.5) is 0 Å². The van der Waals surface area contributed by atoms with E-state index in [1.807, 2.05) is 62.4 Å². The molecule has 0 spiro atoms. The molecule has 1 aliphatic heterocycles. The van der Waals surface area contributed by atoms with Gasteiger partial charge in [0.1, 0.15) is 0 Å². The van der Waals surface area contributed by atoms with Crippen LogP contribution in [0.5, 0.6) is 11.5 Å². The first-order chi connectivity index (χ1) is 22.7. The number of halogens is 2. The lowest BCUT2D eigenvalue weighted by atomic mass is 9.95. The Bertz CT molecular complexity index is 2250. The van der Waals surface area contributed by atoms with Crippen molar-refractivity contribution < 1.29 is 19.0 Å². The molecule has 0 radical (unpaired) electrons. The highest BCUT2D eigenvalue weighted by Crippen LogP contribution is 2.36. The Hall–Kier alpha value is -4.31. The smallest absolute Gasteiger partial charge is 0.338 e. The standard InChI is InChI=1S/C36H33Cl2N3O5S/c1-6-45-30-16-22(13-15-29(30)44-5)33-32(35(43)46-7-2)20(3)39-36-41(33)34(42)31(47-36)18-26-21(4)40(28-11-9-8-10-25(26)28)19-23-12-14-24(37)17-27(23)38/h8-18,33H,6-7,19H2,1-5H3/b31-18-/t33-/m0/s1. The van der Waals surface area contributed by atoms with Crippen LogP contribution >= 0.6 is 34.5 Å². The first kappa shape index (κ1) is 32.6. The van der Waals surface area contributed by atoms with Crippen LogP contribution in [0.15, 0.2) is 81.7 Å². The highest BCUT2D eigenvalue weighted by molar-refractivity contribution is 7.07. The van der Waals surface area contributed by atoms with Crippen molar-refractivity contribution in [2.24, 2.45) is 4.99 Å². The molecule has 0 saturated carbocycles. The third kappa shape index (κ3) is 5.99. The fraction of sp³-hybridized carbons (Fsp3) is 0.250. The van der Waals surface area contributed by atoms with E-state index in [9.17, 15) is 9.59 Å². The van der Waals surface area contributed by atoms with Crippen LogP contribution in [0.1, 0.15) is 49.2 Å². The summed E-state index contributed by atoms with van der Waals surface area (Å²) in [6.07, 6.45) is 1.92. The minimum Gasteiger partial charge on any atom is -0.493 e. The highest BCUT2D eigenvalue weighted by Gasteiger charge is 2.34. The van der Waals surface area contributed by atoms with Crippen LogP contribution < -0.4 is 24.4 Å². The zero-order valence-electron chi connectivity index (χ0n) is 26.6. The molecule has 8 nitrogen and oxygen atoms in total. The third-order valence-corrected chi connectivity index (χ3v) is 9.79. The molecule has 0 fully saturated rings. The van der Waals surface area contributed by atoms with Gasteiger partial charge in [-0.25, -0.2) is 9.79 Å². The van der Waals surface area contributed by atoms with E-state index >= 15 is 0 Å². The fourth-order valence-corrected chi connectivity index (χ4v) is 7.53. The molecular weight excluding hydrogens is 657 g/mol. The molecule has 6 rings (SSSR count). The molecule has 0 aliphatic carbocycles. The van der Waals surface area contributed by atoms with E-state index < -0.39 is 12.0 Å². The van der Waals surface area contributed by atoms with Crippen molar-refractivity contribution in [1.82, 2.24) is 9.13 Å². The van der Waals surface area contributed by atoms with Crippen molar-refractivity contribution in [3.63, 3.8) is 0 Å². The van der Waals surface area contributed by atoms with Gasteiger partial charge in [0.15, 0.2) is 16.3 Å². The molecule has 47 heavy (non-hydrogen) atoms. The maximum atomic E-state index is 14.4. The molecule has 0 bridgehead atoms. The molecule has 2 aromatic heterocycles. The van der Waals surface area contributed by atoms with E-state index in [0.717, 1.165) is 27.7 Å². The van der Waals surface area contributed by atoms with Crippen molar-refractivity contribution in [1.29, 1.82) is 0 Å². The lowest BCUT2D eigenvalue weighted by Crippen LogP contribution is -2.40. The number of allylic oxidation sites excluding steroid dienone is 1. The van der Waals surface area contributed by atoms with Gasteiger partial charge in [-0.1, -0.05) is 64.9 Å². The van der Waals surface area contributed by atoms with Crippen LogP contribution in [-0.4, -0.2) is 35.4 Å². The molecule has 0 amide bonds. The van der Waals surface area contributed by atoms with Crippen LogP contribution in [-0.2, 0) is 16.1 Å². The molecular formula is C36H33Cl2N3O5S. The van der Waals surface area contributed by atoms with E-state index in [0.29, 0.717) is 60.9 Å². The normalized spacial score (nSPS) is 14.7. The van der Waals surface area contributed by atoms with Crippen molar-refractivity contribution in [2.75, 3.05) is 20.3 Å². The van der Waals surface area contributed by atoms with Crippen molar-refractivity contribution in [3.05, 3.63) is 124 Å². The van der Waals surface area contributed by atoms with Gasteiger partial charge in [-0.15, -0.1) is 0 Å². The fourth-order valence-electron chi connectivity index (χ4n) is 6.03. The number of carbonyl (C=O) groups is 1. The second-order valence-corrected chi connectivity index (χ2v) is 12.8. The summed E-state index contributed by atoms with van der Waals surface area (Å²) in [6.45, 7) is 8.56. The average molecular weight is 691 g/mol. The van der Waals surface area contributed by atoms with Gasteiger partial charge in [0.25, 0.3) is 5.56 Å². The summed E-state index contributed by atoms with van der Waals surface area (Å²) in [5, 5.41) is 2.16. The number of esters is 1. The number of aromatic nitrogens is 2. The van der Waals surface area contributed by atoms with Gasteiger partial charge >= 0.3 is 5.97 Å². The average Bonchev–Trinajstić information content (AvgIpc) is 3.50. The number of methoxy groups -OCH3 is 1. The number of para-hydroxylation sites is 1. The Kier molecular flexibility index (Phi) is 9.32. The minimum atomic E-state index is -0.785. The maximum Gasteiger partial charge on any atom is 0.338 e. The molecule has 0 N–H and O–H groups in total. The summed E-state index contributed by atoms with van der Waals surface area (Å²) in [5.41, 5.74) is 5.02. The SMILES string of the molecule is CCOC(=O)C1=C(C)N=c2s/c(=C\c3c(C)n(Cc4ccc(Cl)cc4Cl)c4ccccc34)c(=O)n2[C@H]1c1ccc(OC)c(OCC)c1. The predicted molar refractivity (Wildman–Crippen MR) is 187 cm³/mol. The van der Waals surface area contributed by atoms with Gasteiger partial charge in [0.05, 0.1) is 42.2 Å². The number of fused-ring (bicyclic) bond motifs is 2. The quantitative estimate of drug-likeness (QED) is 0.159. The Labute approximate surface area is 285 Å². The van der Waals surface area contributed by atoms with Gasteiger partial charge in [-0.2, -0.15) is 0 Å². The molecule has 1 atom stereocenters. The second kappa shape index (κ2) is 13.4. The Morgan fingerprint density at radius 1 is 1.02 bits per heavy atom. The molecule has 242 valence electrons. The monoisotopic (exact) mass is 689 g/mol. The number of ether oxygens (including phenoxy) is 3. The first-order valence-corrected chi connectivity index (χ1v) is 16.8. The van der Waals surface area contributed by atoms with Crippen molar-refractivity contribution >= 4 is 57.5 Å². The molecule has 1 aliphatic rings. The number of rotatable bonds is 9. The summed E-state index contributed by atoms with van der Waals surface area (Å²) in [5.74, 6) is 0.534. The zero-order chi connectivity index (χ0) is 33.4. The largest absolute Gasteiger partial charge is 0.493 e. The highest BCUT2D eigenvalue weighted by atomic mass is 35.5. The lowest BCUT2D eigenvalue weighted by molar-refractivity contribution is -0.139. The molecule has 0 unspecified atom stereocenters. The summed E-state index contributed by atoms with van der Waals surface area (Å²) >= 11 is 14.0. The van der Waals surface area contributed by atoms with Gasteiger partial charge < -0.3 is 18.8 Å². The summed E-state index contributed by atoms with van der Waals surface area (Å²) in [4.78, 5) is 33.0. The van der Waals surface area contributed by atoms with E-state index in [1.165, 1.54) is 11.3 Å². The van der Waals surface area contributed by atoms with Crippen LogP contribution in [0.3, 0.4) is 0 Å². The second-order valence-electron chi connectivity index (χ2n) is 11.0. The number of carbonyl (C=O) groups excluding carboxylic acids is 1. The Balaban J connectivity index is 1.55. The van der Waals surface area contributed by atoms with E-state index in [-0.39, 0.29) is 12.2 Å². The molecule has 11 heteroatoms. The van der Waals surface area contributed by atoms with Crippen LogP contribution in [0.25, 0.3) is 17.0 Å². The molecule has 0 saturated heterocycles. The predicted octanol–water partition coefficient (Wildman–Crippen LogP) is 6.82. The minimum absolute atomic E-state index is 0.185. The van der Waals surface area contributed by atoms with Crippen LogP contribution in [0, 0.1) is 6.92 Å². The summed E-state index contributed by atoms with van der Waals surface area (Å²) in [6, 6.07) is 18.2. The number of hydrogen-bond donors (Lipinski definition) is 0. The first-order valence-electron chi connectivity index (χ1n) is 15.2. The van der Waals surface area contributed by atoms with Crippen molar-refractivity contribution in [2.45, 2.75) is 40.3 Å². The van der Waals surface area contributed by atoms with Gasteiger partial charge in [0.2, 0.25) is 0 Å². The summed E-state index contributed by atoms with van der Waals surface area (Å²) in [7, 11) is 1.57. The Morgan fingerprint density at radius 3 is 2.53 bits per heavy atom. The number of benzene rings is 3. The number of nitrogens with zero attached hydrogens (tertiary/aromatic N) is 3. The van der Waals surface area contributed by atoms with E-state index in [2.05, 4.69) is 10.6 Å². The maximum absolute atomic E-state index is 14.4. The van der Waals surface area contributed by atoms with Gasteiger partial charge in [-0.3, -0.25) is 9.36 Å². The zero-order valence-corrected chi connectivity index (χ0v) is 28.9. The molecule has 3 heterocycles. The van der Waals surface area contributed by atoms with E-state index in [4.69, 9.17) is 42.4 Å². The van der Waals surface area contributed by atoms with Crippen LogP contribution in [0.2, 0.25) is 10.0 Å². The summed E-state index contributed by atoms with van der Waals surface area (Å²) < 4.78 is 21.1. The van der Waals surface area contributed by atoms with Gasteiger partial charge in [0, 0.05) is 38.8 Å².